The van der Waals surface area contributed by atoms with E-state index in [0.29, 0.717) is 15.8 Å². The quantitative estimate of drug-likeness (QED) is 0.126. The van der Waals surface area contributed by atoms with Gasteiger partial charge in [0.1, 0.15) is 5.75 Å². The van der Waals surface area contributed by atoms with Gasteiger partial charge in [-0.3, -0.25) is 0 Å². The Kier molecular flexibility index (Phi) is 4.62. The second-order valence-electron chi connectivity index (χ2n) is 7.28. The molecule has 5 aromatic carbocycles. The van der Waals surface area contributed by atoms with E-state index in [1.54, 1.807) is 24.3 Å². The van der Waals surface area contributed by atoms with E-state index in [4.69, 9.17) is 27.9 Å². The number of carbonyl (C=O) groups is 1. The molecule has 0 saturated carbocycles. The zero-order valence-corrected chi connectivity index (χ0v) is 17.6. The van der Waals surface area contributed by atoms with E-state index >= 15 is 0 Å². The number of carbonyl (C=O) groups excluding carboxylic acids is 1. The molecule has 146 valence electrons. The van der Waals surface area contributed by atoms with Crippen LogP contribution in [0.5, 0.6) is 5.75 Å². The third-order valence-electron chi connectivity index (χ3n) is 5.44. The van der Waals surface area contributed by atoms with Gasteiger partial charge in [0.25, 0.3) is 0 Å². The van der Waals surface area contributed by atoms with Crippen molar-refractivity contribution in [2.24, 2.45) is 0 Å². The highest BCUT2D eigenvalue weighted by Gasteiger charge is 2.14. The lowest BCUT2D eigenvalue weighted by Crippen LogP contribution is -2.05. The van der Waals surface area contributed by atoms with Gasteiger partial charge in [0.2, 0.25) is 0 Å². The molecule has 0 spiro atoms. The number of ether oxygens (including phenoxy) is 1. The van der Waals surface area contributed by atoms with Crippen LogP contribution in [0.2, 0.25) is 10.0 Å². The molecule has 0 radical (unpaired) electrons. The molecule has 0 aromatic heterocycles. The minimum atomic E-state index is -0.447. The summed E-state index contributed by atoms with van der Waals surface area (Å²) < 4.78 is 5.69. The zero-order chi connectivity index (χ0) is 20.8. The first kappa shape index (κ1) is 18.9. The molecule has 0 N–H and O–H groups in total. The molecule has 0 atom stereocenters. The molecule has 0 amide bonds. The fourth-order valence-electron chi connectivity index (χ4n) is 3.95. The molecule has 4 heteroatoms. The molecule has 5 aromatic rings. The average Bonchev–Trinajstić information content (AvgIpc) is 2.75. The summed E-state index contributed by atoms with van der Waals surface area (Å²) >= 11 is 12.0. The van der Waals surface area contributed by atoms with Crippen LogP contribution in [-0.4, -0.2) is 5.97 Å². The number of hydrogen-bond acceptors (Lipinski definition) is 2. The highest BCUT2D eigenvalue weighted by Crippen LogP contribution is 2.39. The first-order chi connectivity index (χ1) is 14.5. The number of halogens is 2. The number of esters is 1. The Balaban J connectivity index is 1.52. The number of rotatable bonds is 3. The summed E-state index contributed by atoms with van der Waals surface area (Å²) in [7, 11) is 0. The Labute approximate surface area is 183 Å². The SMILES string of the molecule is Cc1c(OC(=O)C=Cc2ccc(Cl)c(Cl)c2)cc2ccc3cccc4ccc1c2c34. The zero-order valence-electron chi connectivity index (χ0n) is 16.1. The van der Waals surface area contributed by atoms with Crippen molar-refractivity contribution in [2.45, 2.75) is 6.92 Å². The second-order valence-corrected chi connectivity index (χ2v) is 8.10. The molecule has 2 nitrogen and oxygen atoms in total. The van der Waals surface area contributed by atoms with Gasteiger partial charge in [-0.05, 0) is 74.6 Å². The van der Waals surface area contributed by atoms with E-state index in [9.17, 15) is 4.79 Å². The molecule has 0 saturated heterocycles. The van der Waals surface area contributed by atoms with Gasteiger partial charge in [-0.25, -0.2) is 4.79 Å². The van der Waals surface area contributed by atoms with E-state index in [1.165, 1.54) is 27.6 Å². The molecule has 5 rings (SSSR count). The lowest BCUT2D eigenvalue weighted by Gasteiger charge is -2.15. The third kappa shape index (κ3) is 3.19. The van der Waals surface area contributed by atoms with Gasteiger partial charge >= 0.3 is 5.97 Å². The molecule has 0 aliphatic rings. The van der Waals surface area contributed by atoms with Gasteiger partial charge in [0, 0.05) is 6.08 Å². The summed E-state index contributed by atoms with van der Waals surface area (Å²) in [6, 6.07) is 21.8. The van der Waals surface area contributed by atoms with Crippen molar-refractivity contribution in [1.29, 1.82) is 0 Å². The molecule has 0 bridgehead atoms. The fourth-order valence-corrected chi connectivity index (χ4v) is 4.26. The standard InChI is InChI=1S/C26H16Cl2O2/c1-15-20-10-9-18-4-2-3-17-7-8-19(26(20)25(17)18)14-23(15)30-24(29)12-6-16-5-11-21(27)22(28)13-16/h2-14H,1H3. The fraction of sp³-hybridized carbons (Fsp3) is 0.0385. The van der Waals surface area contributed by atoms with Gasteiger partial charge in [0.15, 0.2) is 0 Å². The summed E-state index contributed by atoms with van der Waals surface area (Å²) in [5, 5.41) is 7.92. The van der Waals surface area contributed by atoms with Crippen molar-refractivity contribution in [3.8, 4) is 5.75 Å². The Bertz CT molecular complexity index is 1450. The molecule has 30 heavy (non-hydrogen) atoms. The molecular formula is C26H16Cl2O2. The van der Waals surface area contributed by atoms with Crippen molar-refractivity contribution in [1.82, 2.24) is 0 Å². The van der Waals surface area contributed by atoms with Crippen LogP contribution in [0.15, 0.2) is 72.8 Å². The van der Waals surface area contributed by atoms with E-state index < -0.39 is 5.97 Å². The van der Waals surface area contributed by atoms with Gasteiger partial charge in [0.05, 0.1) is 10.0 Å². The summed E-state index contributed by atoms with van der Waals surface area (Å²) in [4.78, 5) is 12.5. The van der Waals surface area contributed by atoms with Crippen LogP contribution < -0.4 is 4.74 Å². The molecule has 0 fully saturated rings. The molecule has 0 unspecified atom stereocenters. The highest BCUT2D eigenvalue weighted by molar-refractivity contribution is 6.42. The van der Waals surface area contributed by atoms with E-state index in [1.807, 2.05) is 13.0 Å². The maximum atomic E-state index is 12.5. The number of hydrogen-bond donors (Lipinski definition) is 0. The maximum absolute atomic E-state index is 12.5. The molecule has 0 heterocycles. The van der Waals surface area contributed by atoms with Gasteiger partial charge in [-0.1, -0.05) is 71.7 Å². The van der Waals surface area contributed by atoms with E-state index in [-0.39, 0.29) is 0 Å². The van der Waals surface area contributed by atoms with Crippen LogP contribution in [-0.2, 0) is 4.79 Å². The van der Waals surface area contributed by atoms with Crippen LogP contribution in [0.4, 0.5) is 0 Å². The predicted octanol–water partition coefficient (Wildman–Crippen LogP) is 7.82. The second kappa shape index (κ2) is 7.32. The Morgan fingerprint density at radius 2 is 1.57 bits per heavy atom. The van der Waals surface area contributed by atoms with Crippen molar-refractivity contribution < 1.29 is 9.53 Å². The van der Waals surface area contributed by atoms with Crippen LogP contribution in [0.1, 0.15) is 11.1 Å². The summed E-state index contributed by atoms with van der Waals surface area (Å²) in [6.07, 6.45) is 3.05. The van der Waals surface area contributed by atoms with Gasteiger partial charge in [-0.2, -0.15) is 0 Å². The third-order valence-corrected chi connectivity index (χ3v) is 6.17. The average molecular weight is 431 g/mol. The normalized spacial score (nSPS) is 11.8. The monoisotopic (exact) mass is 430 g/mol. The first-order valence-corrected chi connectivity index (χ1v) is 10.3. The largest absolute Gasteiger partial charge is 0.423 e. The first-order valence-electron chi connectivity index (χ1n) is 9.53. The molecular weight excluding hydrogens is 415 g/mol. The Hall–Kier alpha value is -3.07. The van der Waals surface area contributed by atoms with Crippen LogP contribution in [0.25, 0.3) is 38.4 Å². The number of aryl methyl sites for hydroxylation is 1. The summed E-state index contributed by atoms with van der Waals surface area (Å²) in [6.45, 7) is 1.98. The minimum absolute atomic E-state index is 0.440. The summed E-state index contributed by atoms with van der Waals surface area (Å²) in [5.41, 5.74) is 1.71. The van der Waals surface area contributed by atoms with Crippen LogP contribution in [0, 0.1) is 6.92 Å². The Morgan fingerprint density at radius 1 is 0.833 bits per heavy atom. The predicted molar refractivity (Wildman–Crippen MR) is 126 cm³/mol. The van der Waals surface area contributed by atoms with Crippen molar-refractivity contribution >= 4 is 67.6 Å². The summed E-state index contributed by atoms with van der Waals surface area (Å²) in [5.74, 6) is 0.113. The van der Waals surface area contributed by atoms with Crippen LogP contribution >= 0.6 is 23.2 Å². The Morgan fingerprint density at radius 3 is 2.33 bits per heavy atom. The van der Waals surface area contributed by atoms with Crippen molar-refractivity contribution in [3.63, 3.8) is 0 Å². The molecule has 0 aliphatic heterocycles. The minimum Gasteiger partial charge on any atom is -0.423 e. The van der Waals surface area contributed by atoms with Gasteiger partial charge in [-0.15, -0.1) is 0 Å². The lowest BCUT2D eigenvalue weighted by molar-refractivity contribution is -0.128. The van der Waals surface area contributed by atoms with E-state index in [2.05, 4.69) is 42.5 Å². The van der Waals surface area contributed by atoms with Crippen molar-refractivity contribution in [3.05, 3.63) is 94.0 Å². The molecule has 0 aliphatic carbocycles. The van der Waals surface area contributed by atoms with Crippen LogP contribution in [0.3, 0.4) is 0 Å². The lowest BCUT2D eigenvalue weighted by atomic mass is 9.92. The highest BCUT2D eigenvalue weighted by atomic mass is 35.5. The van der Waals surface area contributed by atoms with Gasteiger partial charge < -0.3 is 4.74 Å². The maximum Gasteiger partial charge on any atom is 0.336 e. The van der Waals surface area contributed by atoms with Crippen molar-refractivity contribution in [2.75, 3.05) is 0 Å². The number of benzene rings is 5. The van der Waals surface area contributed by atoms with E-state index in [0.717, 1.165) is 21.9 Å². The smallest absolute Gasteiger partial charge is 0.336 e. The topological polar surface area (TPSA) is 26.3 Å².